The van der Waals surface area contributed by atoms with Gasteiger partial charge in [-0.15, -0.1) is 0 Å². The molecular formula is C24H23N3O2S. The summed E-state index contributed by atoms with van der Waals surface area (Å²) in [5.74, 6) is -0.425. The number of thiocarbonyl (C=S) groups is 1. The number of carbonyl (C=O) groups is 2. The molecule has 0 aliphatic rings. The third-order valence-electron chi connectivity index (χ3n) is 4.31. The van der Waals surface area contributed by atoms with Crippen LogP contribution in [-0.2, 0) is 0 Å². The molecule has 152 valence electrons. The van der Waals surface area contributed by atoms with E-state index >= 15 is 0 Å². The summed E-state index contributed by atoms with van der Waals surface area (Å²) in [4.78, 5) is 24.4. The van der Waals surface area contributed by atoms with E-state index in [2.05, 4.69) is 16.0 Å². The molecule has 0 aliphatic heterocycles. The Kier molecular flexibility index (Phi) is 6.93. The van der Waals surface area contributed by atoms with Crippen LogP contribution in [0.15, 0.2) is 78.9 Å². The SMILES string of the molecule is CC(C)NC(=O)c1ccc(NC(=S)NC(=O)c2ccc(-c3ccccc3)cc2)cc1. The number of rotatable bonds is 5. The van der Waals surface area contributed by atoms with Gasteiger partial charge in [0.15, 0.2) is 5.11 Å². The second kappa shape index (κ2) is 9.80. The average molecular weight is 418 g/mol. The zero-order valence-electron chi connectivity index (χ0n) is 16.8. The molecule has 0 saturated carbocycles. The topological polar surface area (TPSA) is 70.2 Å². The maximum Gasteiger partial charge on any atom is 0.257 e. The highest BCUT2D eigenvalue weighted by Gasteiger charge is 2.10. The third-order valence-corrected chi connectivity index (χ3v) is 4.51. The fourth-order valence-electron chi connectivity index (χ4n) is 2.83. The molecule has 6 heteroatoms. The van der Waals surface area contributed by atoms with Crippen molar-refractivity contribution in [2.45, 2.75) is 19.9 Å². The van der Waals surface area contributed by atoms with Gasteiger partial charge in [0.2, 0.25) is 0 Å². The maximum atomic E-state index is 12.4. The van der Waals surface area contributed by atoms with Gasteiger partial charge in [-0.3, -0.25) is 14.9 Å². The summed E-state index contributed by atoms with van der Waals surface area (Å²) >= 11 is 5.23. The largest absolute Gasteiger partial charge is 0.350 e. The van der Waals surface area contributed by atoms with Crippen LogP contribution in [0.2, 0.25) is 0 Å². The van der Waals surface area contributed by atoms with E-state index < -0.39 is 0 Å². The predicted octanol–water partition coefficient (Wildman–Crippen LogP) is 4.62. The van der Waals surface area contributed by atoms with Crippen LogP contribution in [0, 0.1) is 0 Å². The molecule has 5 nitrogen and oxygen atoms in total. The molecule has 0 bridgehead atoms. The second-order valence-electron chi connectivity index (χ2n) is 7.06. The summed E-state index contributed by atoms with van der Waals surface area (Å²) in [6, 6.07) is 24.2. The van der Waals surface area contributed by atoms with E-state index in [9.17, 15) is 9.59 Å². The van der Waals surface area contributed by atoms with Crippen LogP contribution in [0.1, 0.15) is 34.6 Å². The Morgan fingerprint density at radius 3 is 1.87 bits per heavy atom. The van der Waals surface area contributed by atoms with Crippen molar-refractivity contribution < 1.29 is 9.59 Å². The smallest absolute Gasteiger partial charge is 0.257 e. The molecule has 0 aromatic heterocycles. The number of carbonyl (C=O) groups excluding carboxylic acids is 2. The Morgan fingerprint density at radius 2 is 1.27 bits per heavy atom. The van der Waals surface area contributed by atoms with Gasteiger partial charge >= 0.3 is 0 Å². The molecule has 3 aromatic rings. The lowest BCUT2D eigenvalue weighted by molar-refractivity contribution is 0.0941. The molecule has 2 amide bonds. The summed E-state index contributed by atoms with van der Waals surface area (Å²) in [6.45, 7) is 3.81. The molecule has 0 fully saturated rings. The van der Waals surface area contributed by atoms with Crippen LogP contribution in [-0.4, -0.2) is 23.0 Å². The van der Waals surface area contributed by atoms with Crippen molar-refractivity contribution in [3.05, 3.63) is 90.0 Å². The lowest BCUT2D eigenvalue weighted by Gasteiger charge is -2.11. The molecule has 3 aromatic carbocycles. The van der Waals surface area contributed by atoms with Crippen molar-refractivity contribution in [2.24, 2.45) is 0 Å². The minimum Gasteiger partial charge on any atom is -0.350 e. The van der Waals surface area contributed by atoms with Crippen LogP contribution in [0.4, 0.5) is 5.69 Å². The molecular weight excluding hydrogens is 394 g/mol. The highest BCUT2D eigenvalue weighted by atomic mass is 32.1. The van der Waals surface area contributed by atoms with Crippen LogP contribution in [0.5, 0.6) is 0 Å². The van der Waals surface area contributed by atoms with Gasteiger partial charge in [-0.25, -0.2) is 0 Å². The van der Waals surface area contributed by atoms with Crippen molar-refractivity contribution >= 4 is 34.8 Å². The number of anilines is 1. The van der Waals surface area contributed by atoms with Crippen LogP contribution in [0.25, 0.3) is 11.1 Å². The van der Waals surface area contributed by atoms with Gasteiger partial charge in [0, 0.05) is 22.9 Å². The highest BCUT2D eigenvalue weighted by Crippen LogP contribution is 2.19. The van der Waals surface area contributed by atoms with E-state index in [0.717, 1.165) is 11.1 Å². The van der Waals surface area contributed by atoms with Crippen LogP contribution >= 0.6 is 12.2 Å². The van der Waals surface area contributed by atoms with E-state index in [1.807, 2.05) is 56.3 Å². The maximum absolute atomic E-state index is 12.4. The number of nitrogens with one attached hydrogen (secondary N) is 3. The van der Waals surface area contributed by atoms with Crippen LogP contribution < -0.4 is 16.0 Å². The van der Waals surface area contributed by atoms with E-state index in [-0.39, 0.29) is 23.0 Å². The molecule has 0 atom stereocenters. The number of amides is 2. The molecule has 30 heavy (non-hydrogen) atoms. The van der Waals surface area contributed by atoms with Gasteiger partial charge in [0.1, 0.15) is 0 Å². The average Bonchev–Trinajstić information content (AvgIpc) is 2.74. The molecule has 3 N–H and O–H groups in total. The van der Waals surface area contributed by atoms with Gasteiger partial charge in [-0.2, -0.15) is 0 Å². The first kappa shape index (κ1) is 21.2. The Morgan fingerprint density at radius 1 is 0.733 bits per heavy atom. The van der Waals surface area contributed by atoms with E-state index in [1.54, 1.807) is 36.4 Å². The molecule has 0 saturated heterocycles. The first-order valence-electron chi connectivity index (χ1n) is 9.61. The fraction of sp³-hybridized carbons (Fsp3) is 0.125. The lowest BCUT2D eigenvalue weighted by atomic mass is 10.0. The summed E-state index contributed by atoms with van der Waals surface area (Å²) in [6.07, 6.45) is 0. The number of hydrogen-bond donors (Lipinski definition) is 3. The summed E-state index contributed by atoms with van der Waals surface area (Å²) in [5, 5.41) is 8.65. The first-order chi connectivity index (χ1) is 14.4. The zero-order chi connectivity index (χ0) is 21.5. The summed E-state index contributed by atoms with van der Waals surface area (Å²) < 4.78 is 0. The quantitative estimate of drug-likeness (QED) is 0.530. The normalized spacial score (nSPS) is 10.4. The Bertz CT molecular complexity index is 1030. The van der Waals surface area contributed by atoms with E-state index in [0.29, 0.717) is 16.8 Å². The monoisotopic (exact) mass is 417 g/mol. The van der Waals surface area contributed by atoms with E-state index in [1.165, 1.54) is 0 Å². The van der Waals surface area contributed by atoms with Crippen molar-refractivity contribution in [3.63, 3.8) is 0 Å². The third kappa shape index (κ3) is 5.75. The summed E-state index contributed by atoms with van der Waals surface area (Å²) in [5.41, 5.74) is 3.88. The molecule has 3 rings (SSSR count). The molecule has 0 radical (unpaired) electrons. The fourth-order valence-corrected chi connectivity index (χ4v) is 3.04. The second-order valence-corrected chi connectivity index (χ2v) is 7.47. The minimum absolute atomic E-state index is 0.0693. The van der Waals surface area contributed by atoms with Crippen molar-refractivity contribution in [2.75, 3.05) is 5.32 Å². The molecule has 0 aliphatic carbocycles. The van der Waals surface area contributed by atoms with Gasteiger partial charge in [-0.05, 0) is 73.6 Å². The Balaban J connectivity index is 1.57. The standard InChI is InChI=1S/C24H23N3O2S/c1-16(2)25-22(28)20-12-14-21(15-13-20)26-24(30)27-23(29)19-10-8-18(9-11-19)17-6-4-3-5-7-17/h3-16H,1-2H3,(H,25,28)(H2,26,27,29,30). The van der Waals surface area contributed by atoms with Crippen molar-refractivity contribution in [3.8, 4) is 11.1 Å². The molecule has 0 unspecified atom stereocenters. The first-order valence-corrected chi connectivity index (χ1v) is 10.0. The molecule has 0 spiro atoms. The van der Waals surface area contributed by atoms with Gasteiger partial charge in [-0.1, -0.05) is 42.5 Å². The van der Waals surface area contributed by atoms with Crippen molar-refractivity contribution in [1.82, 2.24) is 10.6 Å². The Hall–Kier alpha value is -3.51. The van der Waals surface area contributed by atoms with Gasteiger partial charge in [0.05, 0.1) is 0 Å². The molecule has 0 heterocycles. The van der Waals surface area contributed by atoms with Gasteiger partial charge in [0.25, 0.3) is 11.8 Å². The summed E-state index contributed by atoms with van der Waals surface area (Å²) in [7, 11) is 0. The Labute approximate surface area is 181 Å². The van der Waals surface area contributed by atoms with Crippen molar-refractivity contribution in [1.29, 1.82) is 0 Å². The number of hydrogen-bond acceptors (Lipinski definition) is 3. The lowest BCUT2D eigenvalue weighted by Crippen LogP contribution is -2.34. The zero-order valence-corrected chi connectivity index (χ0v) is 17.6. The number of benzene rings is 3. The highest BCUT2D eigenvalue weighted by molar-refractivity contribution is 7.80. The minimum atomic E-state index is -0.292. The predicted molar refractivity (Wildman–Crippen MR) is 125 cm³/mol. The van der Waals surface area contributed by atoms with Gasteiger partial charge < -0.3 is 10.6 Å². The van der Waals surface area contributed by atoms with E-state index in [4.69, 9.17) is 12.2 Å². The van der Waals surface area contributed by atoms with Crippen LogP contribution in [0.3, 0.4) is 0 Å².